The van der Waals surface area contributed by atoms with Crippen LogP contribution in [0.3, 0.4) is 0 Å². The maximum absolute atomic E-state index is 5.16. The number of rotatable bonds is 4. The van der Waals surface area contributed by atoms with E-state index in [0.29, 0.717) is 11.9 Å². The van der Waals surface area contributed by atoms with Crippen LogP contribution in [0.4, 0.5) is 5.69 Å². The summed E-state index contributed by atoms with van der Waals surface area (Å²) in [6.07, 6.45) is 2.43. The fourth-order valence-electron chi connectivity index (χ4n) is 1.43. The van der Waals surface area contributed by atoms with Crippen LogP contribution >= 0.6 is 0 Å². The number of nitrogens with zero attached hydrogens (tertiary/aromatic N) is 2. The third-order valence-corrected chi connectivity index (χ3v) is 2.49. The van der Waals surface area contributed by atoms with Gasteiger partial charge in [-0.05, 0) is 31.5 Å². The fourth-order valence-corrected chi connectivity index (χ4v) is 1.43. The summed E-state index contributed by atoms with van der Waals surface area (Å²) in [7, 11) is 0. The minimum Gasteiger partial charge on any atom is -0.423 e. The van der Waals surface area contributed by atoms with Gasteiger partial charge in [-0.1, -0.05) is 13.0 Å². The number of nitrogens with one attached hydrogen (secondary N) is 1. The Balaban J connectivity index is 2.20. The monoisotopic (exact) mass is 217 g/mol. The van der Waals surface area contributed by atoms with E-state index in [0.717, 1.165) is 17.7 Å². The predicted octanol–water partition coefficient (Wildman–Crippen LogP) is 2.95. The zero-order valence-corrected chi connectivity index (χ0v) is 9.47. The third kappa shape index (κ3) is 2.39. The molecular formula is C12H15N3O. The molecule has 0 aliphatic rings. The minimum atomic E-state index is 0.456. The van der Waals surface area contributed by atoms with Crippen LogP contribution in [0.5, 0.6) is 0 Å². The molecule has 84 valence electrons. The van der Waals surface area contributed by atoms with Crippen molar-refractivity contribution in [3.05, 3.63) is 30.7 Å². The Hall–Kier alpha value is -1.84. The van der Waals surface area contributed by atoms with Gasteiger partial charge < -0.3 is 9.73 Å². The normalized spacial score (nSPS) is 12.4. The average Bonchev–Trinajstić information content (AvgIpc) is 2.83. The minimum absolute atomic E-state index is 0.456. The van der Waals surface area contributed by atoms with E-state index in [4.69, 9.17) is 4.42 Å². The summed E-state index contributed by atoms with van der Waals surface area (Å²) < 4.78 is 5.16. The molecule has 0 amide bonds. The second-order valence-corrected chi connectivity index (χ2v) is 3.78. The third-order valence-electron chi connectivity index (χ3n) is 2.49. The topological polar surface area (TPSA) is 51.0 Å². The molecule has 1 N–H and O–H groups in total. The van der Waals surface area contributed by atoms with E-state index in [1.165, 1.54) is 6.39 Å². The van der Waals surface area contributed by atoms with Gasteiger partial charge in [0.15, 0.2) is 0 Å². The largest absolute Gasteiger partial charge is 0.423 e. The number of benzene rings is 1. The van der Waals surface area contributed by atoms with Crippen LogP contribution in [0.2, 0.25) is 0 Å². The van der Waals surface area contributed by atoms with Crippen LogP contribution in [0.25, 0.3) is 11.5 Å². The molecule has 1 aromatic heterocycles. The van der Waals surface area contributed by atoms with Gasteiger partial charge in [0.05, 0.1) is 0 Å². The average molecular weight is 217 g/mol. The van der Waals surface area contributed by atoms with Crippen molar-refractivity contribution < 1.29 is 4.42 Å². The van der Waals surface area contributed by atoms with Crippen molar-refractivity contribution in [3.63, 3.8) is 0 Å². The molecular weight excluding hydrogens is 202 g/mol. The molecule has 0 aliphatic carbocycles. The van der Waals surface area contributed by atoms with Crippen molar-refractivity contribution in [2.24, 2.45) is 0 Å². The summed E-state index contributed by atoms with van der Waals surface area (Å²) in [5, 5.41) is 11.0. The van der Waals surface area contributed by atoms with E-state index < -0.39 is 0 Å². The predicted molar refractivity (Wildman–Crippen MR) is 63.1 cm³/mol. The van der Waals surface area contributed by atoms with Crippen LogP contribution < -0.4 is 5.32 Å². The van der Waals surface area contributed by atoms with Crippen molar-refractivity contribution in [2.75, 3.05) is 5.32 Å². The van der Waals surface area contributed by atoms with Gasteiger partial charge in [0.25, 0.3) is 0 Å². The molecule has 1 heterocycles. The van der Waals surface area contributed by atoms with Gasteiger partial charge in [0.2, 0.25) is 12.3 Å². The Morgan fingerprint density at radius 3 is 3.00 bits per heavy atom. The van der Waals surface area contributed by atoms with Crippen molar-refractivity contribution in [3.8, 4) is 11.5 Å². The number of hydrogen-bond donors (Lipinski definition) is 1. The van der Waals surface area contributed by atoms with E-state index in [1.54, 1.807) is 0 Å². The van der Waals surface area contributed by atoms with E-state index >= 15 is 0 Å². The lowest BCUT2D eigenvalue weighted by Crippen LogP contribution is -2.13. The van der Waals surface area contributed by atoms with Gasteiger partial charge in [-0.15, -0.1) is 10.2 Å². The molecule has 1 unspecified atom stereocenters. The van der Waals surface area contributed by atoms with Crippen LogP contribution in [0.1, 0.15) is 20.3 Å². The quantitative estimate of drug-likeness (QED) is 0.855. The Labute approximate surface area is 94.7 Å². The molecule has 0 radical (unpaired) electrons. The SMILES string of the molecule is CCC(C)Nc1cccc(-c2nnco2)c1. The van der Waals surface area contributed by atoms with Crippen LogP contribution in [-0.2, 0) is 0 Å². The lowest BCUT2D eigenvalue weighted by Gasteiger charge is -2.13. The number of aromatic nitrogens is 2. The lowest BCUT2D eigenvalue weighted by atomic mass is 10.2. The van der Waals surface area contributed by atoms with Gasteiger partial charge in [-0.25, -0.2) is 0 Å². The van der Waals surface area contributed by atoms with Crippen molar-refractivity contribution in [1.29, 1.82) is 0 Å². The molecule has 0 saturated carbocycles. The molecule has 2 aromatic rings. The van der Waals surface area contributed by atoms with E-state index in [9.17, 15) is 0 Å². The Kier molecular flexibility index (Phi) is 3.19. The molecule has 1 aromatic carbocycles. The summed E-state index contributed by atoms with van der Waals surface area (Å²) in [4.78, 5) is 0. The van der Waals surface area contributed by atoms with E-state index in [-0.39, 0.29) is 0 Å². The van der Waals surface area contributed by atoms with Gasteiger partial charge in [0.1, 0.15) is 0 Å². The summed E-state index contributed by atoms with van der Waals surface area (Å²) in [6, 6.07) is 8.43. The molecule has 0 saturated heterocycles. The summed E-state index contributed by atoms with van der Waals surface area (Å²) >= 11 is 0. The van der Waals surface area contributed by atoms with E-state index in [2.05, 4.69) is 29.4 Å². The van der Waals surface area contributed by atoms with Crippen LogP contribution in [-0.4, -0.2) is 16.2 Å². The zero-order valence-electron chi connectivity index (χ0n) is 9.47. The highest BCUT2D eigenvalue weighted by atomic mass is 16.4. The Morgan fingerprint density at radius 2 is 2.31 bits per heavy atom. The van der Waals surface area contributed by atoms with Crippen molar-refractivity contribution in [1.82, 2.24) is 10.2 Å². The van der Waals surface area contributed by atoms with Crippen molar-refractivity contribution >= 4 is 5.69 Å². The standard InChI is InChI=1S/C12H15N3O/c1-3-9(2)14-11-6-4-5-10(7-11)12-15-13-8-16-12/h4-9,14H,3H2,1-2H3. The van der Waals surface area contributed by atoms with Gasteiger partial charge in [-0.2, -0.15) is 0 Å². The molecule has 4 heteroatoms. The van der Waals surface area contributed by atoms with Crippen LogP contribution in [0, 0.1) is 0 Å². The lowest BCUT2D eigenvalue weighted by molar-refractivity contribution is 0.568. The Morgan fingerprint density at radius 1 is 1.44 bits per heavy atom. The molecule has 0 fully saturated rings. The molecule has 0 aliphatic heterocycles. The first-order chi connectivity index (χ1) is 7.79. The van der Waals surface area contributed by atoms with Gasteiger partial charge >= 0.3 is 0 Å². The highest BCUT2D eigenvalue weighted by Crippen LogP contribution is 2.20. The maximum atomic E-state index is 5.16. The molecule has 0 bridgehead atoms. The Bertz CT molecular complexity index is 439. The van der Waals surface area contributed by atoms with Gasteiger partial charge in [0, 0.05) is 17.3 Å². The highest BCUT2D eigenvalue weighted by molar-refractivity contribution is 5.61. The summed E-state index contributed by atoms with van der Waals surface area (Å²) in [6.45, 7) is 4.30. The molecule has 4 nitrogen and oxygen atoms in total. The van der Waals surface area contributed by atoms with Crippen LogP contribution in [0.15, 0.2) is 35.1 Å². The maximum Gasteiger partial charge on any atom is 0.247 e. The number of hydrogen-bond acceptors (Lipinski definition) is 4. The zero-order chi connectivity index (χ0) is 11.4. The first-order valence-corrected chi connectivity index (χ1v) is 5.42. The number of anilines is 1. The molecule has 2 rings (SSSR count). The van der Waals surface area contributed by atoms with Gasteiger partial charge in [-0.3, -0.25) is 0 Å². The molecule has 1 atom stereocenters. The van der Waals surface area contributed by atoms with E-state index in [1.807, 2.05) is 24.3 Å². The second kappa shape index (κ2) is 4.79. The second-order valence-electron chi connectivity index (χ2n) is 3.78. The van der Waals surface area contributed by atoms with Crippen molar-refractivity contribution in [2.45, 2.75) is 26.3 Å². The summed E-state index contributed by atoms with van der Waals surface area (Å²) in [5.41, 5.74) is 2.01. The highest BCUT2D eigenvalue weighted by Gasteiger charge is 2.05. The fraction of sp³-hybridized carbons (Fsp3) is 0.333. The smallest absolute Gasteiger partial charge is 0.247 e. The summed E-state index contributed by atoms with van der Waals surface area (Å²) in [5.74, 6) is 0.549. The first-order valence-electron chi connectivity index (χ1n) is 5.42. The molecule has 0 spiro atoms. The first kappa shape index (κ1) is 10.7. The molecule has 16 heavy (non-hydrogen) atoms.